The molecule has 0 bridgehead atoms. The van der Waals surface area contributed by atoms with E-state index in [1.807, 2.05) is 0 Å². The van der Waals surface area contributed by atoms with Crippen LogP contribution in [0.25, 0.3) is 0 Å². The Kier molecular flexibility index (Phi) is 3.26. The first kappa shape index (κ1) is 11.1. The molecular formula is C10H17Rh-3. The van der Waals surface area contributed by atoms with Crippen molar-refractivity contribution in [3.8, 4) is 0 Å². The second kappa shape index (κ2) is 3.23. The summed E-state index contributed by atoms with van der Waals surface area (Å²) in [5.41, 5.74) is 4.39. The first-order valence-corrected chi connectivity index (χ1v) is 3.75. The summed E-state index contributed by atoms with van der Waals surface area (Å²) in [7, 11) is 0. The van der Waals surface area contributed by atoms with E-state index >= 15 is 0 Å². The van der Waals surface area contributed by atoms with Crippen LogP contribution in [0.4, 0.5) is 0 Å². The van der Waals surface area contributed by atoms with Crippen molar-refractivity contribution in [2.45, 2.75) is 34.6 Å². The predicted molar refractivity (Wildman–Crippen MR) is 46.8 cm³/mol. The van der Waals surface area contributed by atoms with Crippen LogP contribution in [0.3, 0.4) is 0 Å². The molecule has 0 aromatic heterocycles. The summed E-state index contributed by atoms with van der Waals surface area (Å²) in [5, 5.41) is 0. The largest absolute Gasteiger partial charge is 1.00 e. The number of allylic oxidation sites excluding steroid dienone is 4. The second-order valence-corrected chi connectivity index (χ2v) is 3.62. The van der Waals surface area contributed by atoms with Crippen molar-refractivity contribution in [2.24, 2.45) is 5.41 Å². The van der Waals surface area contributed by atoms with Gasteiger partial charge >= 0.3 is 0 Å². The summed E-state index contributed by atoms with van der Waals surface area (Å²) in [4.78, 5) is 0. The molecule has 0 aromatic carbocycles. The molecule has 0 saturated heterocycles. The summed E-state index contributed by atoms with van der Waals surface area (Å²) < 4.78 is 0. The van der Waals surface area contributed by atoms with E-state index in [9.17, 15) is 0 Å². The molecule has 1 aliphatic carbocycles. The van der Waals surface area contributed by atoms with Crippen molar-refractivity contribution in [3.63, 3.8) is 0 Å². The van der Waals surface area contributed by atoms with Crippen molar-refractivity contribution in [2.75, 3.05) is 0 Å². The first-order valence-electron chi connectivity index (χ1n) is 3.75. The third-order valence-electron chi connectivity index (χ3n) is 2.56. The Morgan fingerprint density at radius 1 is 1.18 bits per heavy atom. The summed E-state index contributed by atoms with van der Waals surface area (Å²) in [5.74, 6) is 0. The normalized spacial score (nSPS) is 21.4. The molecule has 0 unspecified atom stereocenters. The molecule has 0 heterocycles. The van der Waals surface area contributed by atoms with Gasteiger partial charge in [-0.1, -0.05) is 33.1 Å². The van der Waals surface area contributed by atoms with Gasteiger partial charge in [0.15, 0.2) is 0 Å². The van der Waals surface area contributed by atoms with Gasteiger partial charge in [-0.25, -0.2) is 5.57 Å². The van der Waals surface area contributed by atoms with Crippen LogP contribution in [0.15, 0.2) is 16.7 Å². The monoisotopic (exact) mass is 240 g/mol. The van der Waals surface area contributed by atoms with Gasteiger partial charge in [-0.05, 0) is 0 Å². The Hall–Kier alpha value is 0.103. The molecule has 0 fully saturated rings. The Morgan fingerprint density at radius 3 is 1.73 bits per heavy atom. The molecule has 0 saturated carbocycles. The minimum absolute atomic E-state index is 0. The molecule has 69 valence electrons. The Balaban J connectivity index is -0.000000333. The van der Waals surface area contributed by atoms with Crippen LogP contribution in [-0.4, -0.2) is 0 Å². The van der Waals surface area contributed by atoms with Crippen LogP contribution < -0.4 is 0 Å². The molecule has 1 radical (unpaired) electrons. The maximum atomic E-state index is 3.44. The number of hydrogen-bond acceptors (Lipinski definition) is 0. The third-order valence-corrected chi connectivity index (χ3v) is 2.56. The zero-order valence-corrected chi connectivity index (χ0v) is 9.47. The fraction of sp³-hybridized carbons (Fsp3) is 0.600. The summed E-state index contributed by atoms with van der Waals surface area (Å²) in [6.45, 7) is 10.9. The van der Waals surface area contributed by atoms with Crippen molar-refractivity contribution in [1.82, 2.24) is 0 Å². The maximum absolute atomic E-state index is 3.44. The van der Waals surface area contributed by atoms with Gasteiger partial charge < -0.3 is 2.85 Å². The van der Waals surface area contributed by atoms with Crippen LogP contribution in [-0.2, 0) is 19.5 Å². The average molecular weight is 240 g/mol. The van der Waals surface area contributed by atoms with Crippen LogP contribution >= 0.6 is 0 Å². The SMILES string of the molecule is CC1=[C-]C(C)(C)C(C)=C1C.[H-].[H-].[Rh]. The standard InChI is InChI=1S/C10H15.Rh.2H/c1-7-6-10(4,5)9(3)8(7)2;;;/h1-5H3;;;/q-1;;2*-1. The van der Waals surface area contributed by atoms with Gasteiger partial charge in [-0.3, -0.25) is 6.08 Å². The molecule has 1 aliphatic rings. The average Bonchev–Trinajstić information content (AvgIpc) is 1.95. The smallest absolute Gasteiger partial charge is 0 e. The molecule has 0 N–H and O–H groups in total. The van der Waals surface area contributed by atoms with E-state index in [4.69, 9.17) is 0 Å². The molecule has 1 rings (SSSR count). The Morgan fingerprint density at radius 2 is 1.64 bits per heavy atom. The molecule has 0 amide bonds. The summed E-state index contributed by atoms with van der Waals surface area (Å²) in [6.07, 6.45) is 3.44. The Labute approximate surface area is 85.5 Å². The van der Waals surface area contributed by atoms with Gasteiger partial charge in [-0.2, -0.15) is 11.1 Å². The number of rotatable bonds is 0. The van der Waals surface area contributed by atoms with Crippen LogP contribution in [0.1, 0.15) is 37.5 Å². The molecule has 11 heavy (non-hydrogen) atoms. The van der Waals surface area contributed by atoms with E-state index < -0.39 is 0 Å². The first-order chi connectivity index (χ1) is 4.45. The van der Waals surface area contributed by atoms with Gasteiger partial charge in [-0.15, -0.1) is 6.92 Å². The topological polar surface area (TPSA) is 0 Å². The minimum atomic E-state index is 0. The maximum Gasteiger partial charge on any atom is 0 e. The van der Waals surface area contributed by atoms with E-state index in [0.717, 1.165) is 0 Å². The zero-order valence-electron chi connectivity index (χ0n) is 9.83. The van der Waals surface area contributed by atoms with Gasteiger partial charge in [0.2, 0.25) is 0 Å². The van der Waals surface area contributed by atoms with Crippen LogP contribution in [0.2, 0.25) is 0 Å². The van der Waals surface area contributed by atoms with E-state index in [1.54, 1.807) is 0 Å². The molecule has 0 aliphatic heterocycles. The zero-order chi connectivity index (χ0) is 7.94. The van der Waals surface area contributed by atoms with Crippen LogP contribution in [0.5, 0.6) is 0 Å². The predicted octanol–water partition coefficient (Wildman–Crippen LogP) is 3.33. The van der Waals surface area contributed by atoms with E-state index in [2.05, 4.69) is 40.7 Å². The van der Waals surface area contributed by atoms with Gasteiger partial charge in [0.05, 0.1) is 0 Å². The van der Waals surface area contributed by atoms with E-state index in [0.29, 0.717) is 0 Å². The van der Waals surface area contributed by atoms with Crippen molar-refractivity contribution >= 4 is 0 Å². The van der Waals surface area contributed by atoms with Crippen molar-refractivity contribution in [1.29, 1.82) is 0 Å². The third kappa shape index (κ3) is 1.82. The Bertz CT molecular complexity index is 227. The van der Waals surface area contributed by atoms with Crippen molar-refractivity contribution in [3.05, 3.63) is 22.8 Å². The van der Waals surface area contributed by atoms with Crippen molar-refractivity contribution < 1.29 is 22.3 Å². The molecule has 0 spiro atoms. The van der Waals surface area contributed by atoms with Gasteiger partial charge in [0.25, 0.3) is 0 Å². The molecular weight excluding hydrogens is 223 g/mol. The van der Waals surface area contributed by atoms with E-state index in [-0.39, 0.29) is 27.7 Å². The summed E-state index contributed by atoms with van der Waals surface area (Å²) in [6, 6.07) is 0. The fourth-order valence-electron chi connectivity index (χ4n) is 1.41. The second-order valence-electron chi connectivity index (χ2n) is 3.62. The van der Waals surface area contributed by atoms with Crippen LogP contribution in [0, 0.1) is 11.5 Å². The summed E-state index contributed by atoms with van der Waals surface area (Å²) >= 11 is 0. The molecule has 0 aromatic rings. The molecule has 0 atom stereocenters. The quantitative estimate of drug-likeness (QED) is 0.450. The fourth-order valence-corrected chi connectivity index (χ4v) is 1.41. The molecule has 1 heteroatoms. The molecule has 0 nitrogen and oxygen atoms in total. The minimum Gasteiger partial charge on any atom is -1.00 e. The van der Waals surface area contributed by atoms with Gasteiger partial charge in [0.1, 0.15) is 0 Å². The van der Waals surface area contributed by atoms with Gasteiger partial charge in [0, 0.05) is 19.5 Å². The number of hydrogen-bond donors (Lipinski definition) is 0. The van der Waals surface area contributed by atoms with E-state index in [1.165, 1.54) is 16.7 Å².